The molecule has 4 aromatic rings. The van der Waals surface area contributed by atoms with E-state index in [1.807, 2.05) is 38.1 Å². The lowest BCUT2D eigenvalue weighted by Gasteiger charge is -2.30. The summed E-state index contributed by atoms with van der Waals surface area (Å²) in [5, 5.41) is 0.744. The SMILES string of the molecule is Cc1cccc(-c2c3c(=O)n(C)c(=O)n(C)c3c3n2CC(C)OC3c2ccc(Cl)o2)c1. The van der Waals surface area contributed by atoms with Crippen LogP contribution in [-0.2, 0) is 25.4 Å². The molecule has 7 nitrogen and oxygen atoms in total. The van der Waals surface area contributed by atoms with Crippen molar-refractivity contribution in [1.29, 1.82) is 0 Å². The number of fused-ring (bicyclic) bond motifs is 3. The first kappa shape index (κ1) is 19.9. The number of benzene rings is 1. The molecule has 0 N–H and O–H groups in total. The third kappa shape index (κ3) is 2.91. The van der Waals surface area contributed by atoms with Gasteiger partial charge < -0.3 is 13.7 Å². The van der Waals surface area contributed by atoms with Crippen molar-refractivity contribution >= 4 is 22.5 Å². The predicted octanol–water partition coefficient (Wildman–Crippen LogP) is 3.77. The Kier molecular flexibility index (Phi) is 4.50. The van der Waals surface area contributed by atoms with Crippen molar-refractivity contribution in [2.75, 3.05) is 0 Å². The van der Waals surface area contributed by atoms with Gasteiger partial charge in [0.25, 0.3) is 5.56 Å². The summed E-state index contributed by atoms with van der Waals surface area (Å²) in [6.07, 6.45) is -0.748. The molecule has 0 fully saturated rings. The Morgan fingerprint density at radius 3 is 2.55 bits per heavy atom. The van der Waals surface area contributed by atoms with Gasteiger partial charge in [-0.25, -0.2) is 4.79 Å². The van der Waals surface area contributed by atoms with Crippen LogP contribution in [0.15, 0.2) is 50.4 Å². The molecule has 0 saturated carbocycles. The highest BCUT2D eigenvalue weighted by atomic mass is 35.5. The summed E-state index contributed by atoms with van der Waals surface area (Å²) in [5.74, 6) is 0.529. The van der Waals surface area contributed by atoms with Gasteiger partial charge in [-0.05, 0) is 49.2 Å². The van der Waals surface area contributed by atoms with Gasteiger partial charge in [0, 0.05) is 20.6 Å². The Hall–Kier alpha value is -3.03. The Bertz CT molecular complexity index is 1460. The van der Waals surface area contributed by atoms with E-state index < -0.39 is 11.8 Å². The maximum atomic E-state index is 13.4. The van der Waals surface area contributed by atoms with Crippen molar-refractivity contribution in [2.24, 2.45) is 14.1 Å². The van der Waals surface area contributed by atoms with Crippen LogP contribution < -0.4 is 11.2 Å². The van der Waals surface area contributed by atoms with Crippen LogP contribution >= 0.6 is 11.6 Å². The van der Waals surface area contributed by atoms with Crippen molar-refractivity contribution < 1.29 is 9.15 Å². The smallest absolute Gasteiger partial charge is 0.331 e. The van der Waals surface area contributed by atoms with Gasteiger partial charge in [0.05, 0.1) is 28.4 Å². The fourth-order valence-corrected chi connectivity index (χ4v) is 4.71. The Balaban J connectivity index is 1.98. The van der Waals surface area contributed by atoms with Gasteiger partial charge in [-0.2, -0.15) is 0 Å². The van der Waals surface area contributed by atoms with E-state index in [-0.39, 0.29) is 16.9 Å². The molecule has 1 aliphatic rings. The maximum Gasteiger partial charge on any atom is 0.331 e. The molecular formula is C23H22ClN3O4. The fourth-order valence-electron chi connectivity index (χ4n) is 4.56. The lowest BCUT2D eigenvalue weighted by Crippen LogP contribution is -2.37. The number of nitrogens with zero attached hydrogens (tertiary/aromatic N) is 3. The van der Waals surface area contributed by atoms with Gasteiger partial charge in [0.1, 0.15) is 5.76 Å². The topological polar surface area (TPSA) is 71.3 Å². The molecule has 1 aliphatic heterocycles. The molecule has 0 aliphatic carbocycles. The van der Waals surface area contributed by atoms with Gasteiger partial charge >= 0.3 is 5.69 Å². The molecule has 8 heteroatoms. The molecule has 2 atom stereocenters. The highest BCUT2D eigenvalue weighted by Gasteiger charge is 2.36. The summed E-state index contributed by atoms with van der Waals surface area (Å²) in [6, 6.07) is 11.4. The van der Waals surface area contributed by atoms with Gasteiger partial charge in [0.2, 0.25) is 0 Å². The standard InChI is InChI=1S/C23H22ClN3O4/c1-12-6-5-7-14(10-12)18-17-19(25(3)23(29)26(4)22(17)28)20-21(15-8-9-16(24)31-15)30-13(2)11-27(18)20/h5-10,13,21H,11H2,1-4H3. The third-order valence-electron chi connectivity index (χ3n) is 5.91. The van der Waals surface area contributed by atoms with E-state index in [4.69, 9.17) is 20.8 Å². The highest BCUT2D eigenvalue weighted by molar-refractivity contribution is 6.28. The molecule has 0 saturated heterocycles. The number of halogens is 1. The molecule has 0 bridgehead atoms. The van der Waals surface area contributed by atoms with Crippen molar-refractivity contribution in [2.45, 2.75) is 32.6 Å². The van der Waals surface area contributed by atoms with E-state index in [9.17, 15) is 9.59 Å². The number of furan rings is 1. The van der Waals surface area contributed by atoms with Crippen LogP contribution in [0.25, 0.3) is 22.2 Å². The summed E-state index contributed by atoms with van der Waals surface area (Å²) in [5.41, 5.74) is 3.32. The zero-order chi connectivity index (χ0) is 22.0. The Labute approximate surface area is 183 Å². The second kappa shape index (κ2) is 7.00. The van der Waals surface area contributed by atoms with Gasteiger partial charge in [-0.15, -0.1) is 0 Å². The van der Waals surface area contributed by atoms with Crippen LogP contribution in [0.3, 0.4) is 0 Å². The monoisotopic (exact) mass is 439 g/mol. The maximum absolute atomic E-state index is 13.4. The van der Waals surface area contributed by atoms with Crippen molar-refractivity contribution in [1.82, 2.24) is 13.7 Å². The minimum absolute atomic E-state index is 0.146. The number of hydrogen-bond donors (Lipinski definition) is 0. The zero-order valence-corrected chi connectivity index (χ0v) is 18.4. The minimum Gasteiger partial charge on any atom is -0.446 e. The highest BCUT2D eigenvalue weighted by Crippen LogP contribution is 2.42. The van der Waals surface area contributed by atoms with Crippen LogP contribution in [0.2, 0.25) is 5.22 Å². The molecule has 160 valence electrons. The lowest BCUT2D eigenvalue weighted by molar-refractivity contribution is -0.0239. The second-order valence-electron chi connectivity index (χ2n) is 8.11. The lowest BCUT2D eigenvalue weighted by atomic mass is 10.1. The second-order valence-corrected chi connectivity index (χ2v) is 8.48. The van der Waals surface area contributed by atoms with E-state index in [1.165, 1.54) is 11.6 Å². The summed E-state index contributed by atoms with van der Waals surface area (Å²) in [4.78, 5) is 26.2. The van der Waals surface area contributed by atoms with Crippen LogP contribution in [-0.4, -0.2) is 19.8 Å². The summed E-state index contributed by atoms with van der Waals surface area (Å²) in [6.45, 7) is 4.52. The molecule has 31 heavy (non-hydrogen) atoms. The molecule has 2 unspecified atom stereocenters. The van der Waals surface area contributed by atoms with E-state index in [1.54, 1.807) is 19.2 Å². The predicted molar refractivity (Wildman–Crippen MR) is 119 cm³/mol. The van der Waals surface area contributed by atoms with Crippen molar-refractivity contribution in [3.63, 3.8) is 0 Å². The normalized spacial score (nSPS) is 18.5. The Morgan fingerprint density at radius 2 is 1.87 bits per heavy atom. The van der Waals surface area contributed by atoms with E-state index in [0.717, 1.165) is 21.4 Å². The van der Waals surface area contributed by atoms with Gasteiger partial charge in [0.15, 0.2) is 11.3 Å². The fraction of sp³-hybridized carbons (Fsp3) is 0.304. The van der Waals surface area contributed by atoms with E-state index in [2.05, 4.69) is 4.57 Å². The third-order valence-corrected chi connectivity index (χ3v) is 6.11. The average Bonchev–Trinajstić information content (AvgIpc) is 3.31. The zero-order valence-electron chi connectivity index (χ0n) is 17.7. The van der Waals surface area contributed by atoms with Crippen molar-refractivity contribution in [3.8, 4) is 11.3 Å². The number of aryl methyl sites for hydroxylation is 2. The van der Waals surface area contributed by atoms with E-state index in [0.29, 0.717) is 28.9 Å². The van der Waals surface area contributed by atoms with Gasteiger partial charge in [-0.3, -0.25) is 13.9 Å². The van der Waals surface area contributed by atoms with Crippen LogP contribution in [0.5, 0.6) is 0 Å². The van der Waals surface area contributed by atoms with Crippen LogP contribution in [0.4, 0.5) is 0 Å². The largest absolute Gasteiger partial charge is 0.446 e. The molecule has 0 radical (unpaired) electrons. The quantitative estimate of drug-likeness (QED) is 0.476. The molecule has 4 heterocycles. The number of aromatic nitrogens is 3. The summed E-state index contributed by atoms with van der Waals surface area (Å²) >= 11 is 6.04. The summed E-state index contributed by atoms with van der Waals surface area (Å²) < 4.78 is 16.7. The number of rotatable bonds is 2. The van der Waals surface area contributed by atoms with Crippen LogP contribution in [0, 0.1) is 6.92 Å². The summed E-state index contributed by atoms with van der Waals surface area (Å²) in [7, 11) is 3.18. The van der Waals surface area contributed by atoms with Crippen molar-refractivity contribution in [3.05, 3.63) is 79.5 Å². The van der Waals surface area contributed by atoms with E-state index >= 15 is 0 Å². The molecule has 5 rings (SSSR count). The first-order chi connectivity index (χ1) is 14.8. The Morgan fingerprint density at radius 1 is 1.10 bits per heavy atom. The first-order valence-corrected chi connectivity index (χ1v) is 10.5. The molecule has 0 amide bonds. The first-order valence-electron chi connectivity index (χ1n) is 10.1. The molecule has 3 aromatic heterocycles. The van der Waals surface area contributed by atoms with Gasteiger partial charge in [-0.1, -0.05) is 23.8 Å². The molecule has 1 aromatic carbocycles. The average molecular weight is 440 g/mol. The molecule has 0 spiro atoms. The number of hydrogen-bond acceptors (Lipinski definition) is 4. The number of ether oxygens (including phenoxy) is 1. The van der Waals surface area contributed by atoms with Crippen LogP contribution in [0.1, 0.15) is 30.0 Å². The molecular weight excluding hydrogens is 418 g/mol. The minimum atomic E-state index is -0.602.